The van der Waals surface area contributed by atoms with E-state index < -0.39 is 0 Å². The Morgan fingerprint density at radius 1 is 0.750 bits per heavy atom. The number of carbonyl (C=O) groups excluding carboxylic acids is 2. The second-order valence-electron chi connectivity index (χ2n) is 8.35. The van der Waals surface area contributed by atoms with Gasteiger partial charge in [-0.15, -0.1) is 0 Å². The van der Waals surface area contributed by atoms with Gasteiger partial charge in [-0.3, -0.25) is 19.6 Å². The average Bonchev–Trinajstić information content (AvgIpc) is 2.79. The van der Waals surface area contributed by atoms with Crippen molar-refractivity contribution in [1.82, 2.24) is 20.6 Å². The number of nitrogens with one attached hydrogen (secondary N) is 2. The van der Waals surface area contributed by atoms with E-state index in [0.717, 1.165) is 22.5 Å². The zero-order valence-electron chi connectivity index (χ0n) is 19.7. The smallest absolute Gasteiger partial charge is 0.323 e. The average molecular weight is 443 g/mol. The Hall–Kier alpha value is -2.84. The molecule has 0 bridgehead atoms. The van der Waals surface area contributed by atoms with Crippen molar-refractivity contribution in [3.63, 3.8) is 0 Å². The lowest BCUT2D eigenvalue weighted by atomic mass is 10.0. The molecule has 2 rings (SSSR count). The molecule has 0 saturated heterocycles. The number of pyridine rings is 2. The Morgan fingerprint density at radius 2 is 1.12 bits per heavy atom. The summed E-state index contributed by atoms with van der Waals surface area (Å²) >= 11 is 0. The van der Waals surface area contributed by atoms with Gasteiger partial charge >= 0.3 is 11.9 Å². The number of carbonyl (C=O) groups is 2. The minimum atomic E-state index is -0.364. The van der Waals surface area contributed by atoms with Gasteiger partial charge in [-0.2, -0.15) is 0 Å². The Bertz CT molecular complexity index is 793. The van der Waals surface area contributed by atoms with Crippen LogP contribution in [0.15, 0.2) is 36.7 Å². The summed E-state index contributed by atoms with van der Waals surface area (Å²) in [6.07, 6.45) is 3.55. The van der Waals surface area contributed by atoms with E-state index in [9.17, 15) is 9.59 Å². The first-order valence-corrected chi connectivity index (χ1v) is 10.8. The van der Waals surface area contributed by atoms with Gasteiger partial charge in [0.2, 0.25) is 0 Å². The van der Waals surface area contributed by atoms with Crippen LogP contribution >= 0.6 is 0 Å². The molecule has 8 heteroatoms. The van der Waals surface area contributed by atoms with E-state index in [1.165, 1.54) is 14.2 Å². The zero-order valence-corrected chi connectivity index (χ0v) is 19.7. The molecule has 0 amide bonds. The number of aromatic nitrogens is 2. The molecular weight excluding hydrogens is 408 g/mol. The number of esters is 2. The molecule has 2 heterocycles. The molecule has 0 radical (unpaired) electrons. The van der Waals surface area contributed by atoms with Gasteiger partial charge in [0.1, 0.15) is 12.1 Å². The van der Waals surface area contributed by atoms with E-state index in [0.29, 0.717) is 13.1 Å². The van der Waals surface area contributed by atoms with Gasteiger partial charge in [-0.05, 0) is 35.1 Å². The van der Waals surface area contributed by atoms with Crippen LogP contribution in [0.1, 0.15) is 38.8 Å². The number of hydrogen-bond acceptors (Lipinski definition) is 8. The van der Waals surface area contributed by atoms with Crippen molar-refractivity contribution in [1.29, 1.82) is 0 Å². The third-order valence-electron chi connectivity index (χ3n) is 5.21. The van der Waals surface area contributed by atoms with E-state index in [-0.39, 0.29) is 35.9 Å². The Kier molecular flexibility index (Phi) is 9.74. The highest BCUT2D eigenvalue weighted by molar-refractivity contribution is 5.76. The van der Waals surface area contributed by atoms with Crippen LogP contribution in [-0.2, 0) is 32.2 Å². The molecule has 2 atom stereocenters. The molecule has 0 aliphatic rings. The largest absolute Gasteiger partial charge is 0.468 e. The second-order valence-corrected chi connectivity index (χ2v) is 8.35. The van der Waals surface area contributed by atoms with Crippen molar-refractivity contribution < 1.29 is 19.1 Å². The van der Waals surface area contributed by atoms with Gasteiger partial charge in [0.25, 0.3) is 0 Å². The molecule has 32 heavy (non-hydrogen) atoms. The summed E-state index contributed by atoms with van der Waals surface area (Å²) in [5, 5.41) is 6.45. The predicted octanol–water partition coefficient (Wildman–Crippen LogP) is 2.72. The minimum absolute atomic E-state index is 0.121. The molecule has 0 unspecified atom stereocenters. The molecule has 0 fully saturated rings. The van der Waals surface area contributed by atoms with Crippen LogP contribution in [0.5, 0.6) is 0 Å². The first-order valence-electron chi connectivity index (χ1n) is 10.8. The van der Waals surface area contributed by atoms with Crippen molar-refractivity contribution in [3.8, 4) is 11.4 Å². The molecule has 2 aromatic heterocycles. The van der Waals surface area contributed by atoms with E-state index in [1.54, 1.807) is 12.4 Å². The maximum atomic E-state index is 11.9. The zero-order chi connectivity index (χ0) is 23.7. The Labute approximate surface area is 190 Å². The molecule has 8 nitrogen and oxygen atoms in total. The highest BCUT2D eigenvalue weighted by Gasteiger charge is 2.23. The summed E-state index contributed by atoms with van der Waals surface area (Å²) in [6.45, 7) is 8.91. The summed E-state index contributed by atoms with van der Waals surface area (Å²) in [6, 6.07) is 7.02. The normalized spacial score (nSPS) is 13.1. The summed E-state index contributed by atoms with van der Waals surface area (Å²) in [5.41, 5.74) is 3.45. The molecule has 174 valence electrons. The maximum absolute atomic E-state index is 11.9. The SMILES string of the molecule is COC(=O)[C@@H](NCc1ccc(-c2ccc(CN[C@H](C(=O)OC)C(C)C)cn2)nc1)C(C)C. The monoisotopic (exact) mass is 442 g/mol. The van der Waals surface area contributed by atoms with Gasteiger partial charge in [0, 0.05) is 25.5 Å². The van der Waals surface area contributed by atoms with Crippen LogP contribution in [0.2, 0.25) is 0 Å². The standard InChI is InChI=1S/C24H34N4O4/c1-15(2)21(23(29)31-5)27-13-17-7-9-19(25-11-17)20-10-8-18(12-26-20)14-28-22(16(3)4)24(30)32-6/h7-12,15-16,21-22,27-28H,13-14H2,1-6H3/t21-,22-/m0/s1. The van der Waals surface area contributed by atoms with E-state index >= 15 is 0 Å². The van der Waals surface area contributed by atoms with Gasteiger partial charge < -0.3 is 20.1 Å². The van der Waals surface area contributed by atoms with Gasteiger partial charge in [-0.25, -0.2) is 0 Å². The lowest BCUT2D eigenvalue weighted by molar-refractivity contribution is -0.145. The molecule has 0 aromatic carbocycles. The third-order valence-corrected chi connectivity index (χ3v) is 5.21. The number of hydrogen-bond donors (Lipinski definition) is 2. The highest BCUT2D eigenvalue weighted by atomic mass is 16.5. The summed E-state index contributed by atoms with van der Waals surface area (Å²) in [5.74, 6) is -0.296. The van der Waals surface area contributed by atoms with E-state index in [2.05, 4.69) is 20.6 Å². The van der Waals surface area contributed by atoms with Crippen molar-refractivity contribution >= 4 is 11.9 Å². The maximum Gasteiger partial charge on any atom is 0.323 e. The van der Waals surface area contributed by atoms with Crippen molar-refractivity contribution in [2.75, 3.05) is 14.2 Å². The molecule has 0 saturated carbocycles. The van der Waals surface area contributed by atoms with E-state index in [1.807, 2.05) is 52.0 Å². The number of nitrogens with zero attached hydrogens (tertiary/aromatic N) is 2. The fourth-order valence-corrected chi connectivity index (χ4v) is 3.25. The first kappa shape index (κ1) is 25.4. The van der Waals surface area contributed by atoms with E-state index in [4.69, 9.17) is 9.47 Å². The van der Waals surface area contributed by atoms with Gasteiger partial charge in [-0.1, -0.05) is 39.8 Å². The van der Waals surface area contributed by atoms with Crippen LogP contribution in [0.25, 0.3) is 11.4 Å². The highest BCUT2D eigenvalue weighted by Crippen LogP contribution is 2.16. The number of rotatable bonds is 11. The van der Waals surface area contributed by atoms with Gasteiger partial charge in [0.05, 0.1) is 25.6 Å². The topological polar surface area (TPSA) is 102 Å². The number of methoxy groups -OCH3 is 2. The molecule has 0 aliphatic heterocycles. The fraction of sp³-hybridized carbons (Fsp3) is 0.500. The van der Waals surface area contributed by atoms with Crippen molar-refractivity contribution in [2.45, 2.75) is 52.9 Å². The number of ether oxygens (including phenoxy) is 2. The van der Waals surface area contributed by atoms with Crippen molar-refractivity contribution in [3.05, 3.63) is 47.8 Å². The van der Waals surface area contributed by atoms with Crippen LogP contribution < -0.4 is 10.6 Å². The van der Waals surface area contributed by atoms with Crippen molar-refractivity contribution in [2.24, 2.45) is 11.8 Å². The molecule has 2 N–H and O–H groups in total. The summed E-state index contributed by atoms with van der Waals surface area (Å²) < 4.78 is 9.71. The second kappa shape index (κ2) is 12.3. The Morgan fingerprint density at radius 3 is 1.38 bits per heavy atom. The lowest BCUT2D eigenvalue weighted by Crippen LogP contribution is -2.41. The predicted molar refractivity (Wildman–Crippen MR) is 122 cm³/mol. The van der Waals surface area contributed by atoms with Crippen LogP contribution in [-0.4, -0.2) is 48.2 Å². The summed E-state index contributed by atoms with van der Waals surface area (Å²) in [7, 11) is 2.79. The summed E-state index contributed by atoms with van der Waals surface area (Å²) in [4.78, 5) is 32.7. The first-order chi connectivity index (χ1) is 15.3. The van der Waals surface area contributed by atoms with Crippen LogP contribution in [0.4, 0.5) is 0 Å². The Balaban J connectivity index is 1.97. The minimum Gasteiger partial charge on any atom is -0.468 e. The quantitative estimate of drug-likeness (QED) is 0.512. The lowest BCUT2D eigenvalue weighted by Gasteiger charge is -2.20. The van der Waals surface area contributed by atoms with Gasteiger partial charge in [0.15, 0.2) is 0 Å². The molecule has 0 spiro atoms. The van der Waals surface area contributed by atoms with Crippen LogP contribution in [0, 0.1) is 11.8 Å². The fourth-order valence-electron chi connectivity index (χ4n) is 3.25. The third kappa shape index (κ3) is 7.10. The molecule has 2 aromatic rings. The molecular formula is C24H34N4O4. The molecule has 0 aliphatic carbocycles. The van der Waals surface area contributed by atoms with Crippen LogP contribution in [0.3, 0.4) is 0 Å².